The van der Waals surface area contributed by atoms with E-state index < -0.39 is 5.60 Å². The van der Waals surface area contributed by atoms with Crippen molar-refractivity contribution in [3.05, 3.63) is 11.7 Å². The van der Waals surface area contributed by atoms with Crippen LogP contribution in [0.15, 0.2) is 4.52 Å². The molecule has 90 valence electrons. The van der Waals surface area contributed by atoms with Crippen molar-refractivity contribution >= 4 is 0 Å². The smallest absolute Gasteiger partial charge is 0.223 e. The van der Waals surface area contributed by atoms with Crippen LogP contribution < -0.4 is 5.32 Å². The molecule has 2 rings (SSSR count). The molecule has 0 spiro atoms. The zero-order chi connectivity index (χ0) is 11.4. The molecule has 1 aliphatic carbocycles. The Morgan fingerprint density at radius 3 is 2.81 bits per heavy atom. The van der Waals surface area contributed by atoms with E-state index in [2.05, 4.69) is 15.5 Å². The standard InChI is InChI=1S/C11H19N3O2/c1-9-13-10(14-16-9)4-7-12-8-11(15)5-2-3-6-11/h12,15H,2-8H2,1H3. The number of rotatable bonds is 5. The summed E-state index contributed by atoms with van der Waals surface area (Å²) < 4.78 is 4.88. The van der Waals surface area contributed by atoms with Gasteiger partial charge in [0.1, 0.15) is 0 Å². The second-order valence-electron chi connectivity index (χ2n) is 4.59. The lowest BCUT2D eigenvalue weighted by atomic mass is 10.0. The highest BCUT2D eigenvalue weighted by Crippen LogP contribution is 2.28. The normalized spacial score (nSPS) is 19.1. The van der Waals surface area contributed by atoms with Crippen molar-refractivity contribution in [1.29, 1.82) is 0 Å². The molecule has 0 amide bonds. The van der Waals surface area contributed by atoms with E-state index in [9.17, 15) is 5.11 Å². The summed E-state index contributed by atoms with van der Waals surface area (Å²) in [5.41, 5.74) is -0.479. The molecule has 2 N–H and O–H groups in total. The summed E-state index contributed by atoms with van der Waals surface area (Å²) >= 11 is 0. The minimum absolute atomic E-state index is 0.479. The van der Waals surface area contributed by atoms with Gasteiger partial charge in [0, 0.05) is 26.4 Å². The van der Waals surface area contributed by atoms with Crippen LogP contribution in [-0.2, 0) is 6.42 Å². The summed E-state index contributed by atoms with van der Waals surface area (Å²) in [6, 6.07) is 0. The number of aromatic nitrogens is 2. The Kier molecular flexibility index (Phi) is 3.56. The Hall–Kier alpha value is -0.940. The molecular weight excluding hydrogens is 206 g/mol. The van der Waals surface area contributed by atoms with Gasteiger partial charge in [0.15, 0.2) is 5.82 Å². The first kappa shape index (κ1) is 11.5. The van der Waals surface area contributed by atoms with Gasteiger partial charge in [-0.1, -0.05) is 18.0 Å². The predicted molar refractivity (Wildman–Crippen MR) is 59.0 cm³/mol. The van der Waals surface area contributed by atoms with Crippen molar-refractivity contribution < 1.29 is 9.63 Å². The summed E-state index contributed by atoms with van der Waals surface area (Å²) in [6.07, 6.45) is 4.86. The van der Waals surface area contributed by atoms with E-state index in [1.807, 2.05) is 0 Å². The fraction of sp³-hybridized carbons (Fsp3) is 0.818. The first-order valence-corrected chi connectivity index (χ1v) is 5.90. The molecular formula is C11H19N3O2. The maximum Gasteiger partial charge on any atom is 0.223 e. The van der Waals surface area contributed by atoms with E-state index in [0.717, 1.165) is 44.5 Å². The highest BCUT2D eigenvalue weighted by Gasteiger charge is 2.30. The molecule has 0 saturated heterocycles. The van der Waals surface area contributed by atoms with Crippen LogP contribution in [0.2, 0.25) is 0 Å². The van der Waals surface area contributed by atoms with Crippen LogP contribution in [0.4, 0.5) is 0 Å². The van der Waals surface area contributed by atoms with Crippen LogP contribution in [0.3, 0.4) is 0 Å². The molecule has 0 radical (unpaired) electrons. The molecule has 1 fully saturated rings. The van der Waals surface area contributed by atoms with Gasteiger partial charge in [-0.05, 0) is 12.8 Å². The van der Waals surface area contributed by atoms with Crippen LogP contribution in [0.1, 0.15) is 37.4 Å². The SMILES string of the molecule is Cc1nc(CCNCC2(O)CCCC2)no1. The molecule has 1 heterocycles. The molecule has 0 aromatic carbocycles. The minimum Gasteiger partial charge on any atom is -0.389 e. The number of hydrogen-bond acceptors (Lipinski definition) is 5. The lowest BCUT2D eigenvalue weighted by Crippen LogP contribution is -2.38. The van der Waals surface area contributed by atoms with Crippen molar-refractivity contribution in [2.45, 2.75) is 44.6 Å². The van der Waals surface area contributed by atoms with Gasteiger partial charge in [-0.15, -0.1) is 0 Å². The van der Waals surface area contributed by atoms with Crippen molar-refractivity contribution in [1.82, 2.24) is 15.5 Å². The fourth-order valence-corrected chi connectivity index (χ4v) is 2.17. The first-order chi connectivity index (χ1) is 7.68. The van der Waals surface area contributed by atoms with E-state index in [1.165, 1.54) is 0 Å². The van der Waals surface area contributed by atoms with E-state index in [1.54, 1.807) is 6.92 Å². The van der Waals surface area contributed by atoms with Crippen LogP contribution in [0, 0.1) is 6.92 Å². The highest BCUT2D eigenvalue weighted by molar-refractivity contribution is 4.88. The molecule has 0 unspecified atom stereocenters. The number of aryl methyl sites for hydroxylation is 1. The largest absolute Gasteiger partial charge is 0.389 e. The second-order valence-corrected chi connectivity index (χ2v) is 4.59. The third-order valence-corrected chi connectivity index (χ3v) is 3.08. The number of aliphatic hydroxyl groups is 1. The Labute approximate surface area is 95.2 Å². The highest BCUT2D eigenvalue weighted by atomic mass is 16.5. The quantitative estimate of drug-likeness (QED) is 0.726. The van der Waals surface area contributed by atoms with Gasteiger partial charge in [0.05, 0.1) is 5.60 Å². The average Bonchev–Trinajstić information content (AvgIpc) is 2.84. The van der Waals surface area contributed by atoms with E-state index >= 15 is 0 Å². The Morgan fingerprint density at radius 1 is 1.44 bits per heavy atom. The number of nitrogens with zero attached hydrogens (tertiary/aromatic N) is 2. The average molecular weight is 225 g/mol. The Morgan fingerprint density at radius 2 is 2.19 bits per heavy atom. The summed E-state index contributed by atoms with van der Waals surface area (Å²) in [6.45, 7) is 3.23. The Balaban J connectivity index is 1.65. The van der Waals surface area contributed by atoms with Crippen LogP contribution >= 0.6 is 0 Å². The molecule has 1 aliphatic rings. The lowest BCUT2D eigenvalue weighted by molar-refractivity contribution is 0.0480. The van der Waals surface area contributed by atoms with Gasteiger partial charge < -0.3 is 14.9 Å². The summed E-state index contributed by atoms with van der Waals surface area (Å²) in [7, 11) is 0. The van der Waals surface area contributed by atoms with Crippen molar-refractivity contribution in [3.63, 3.8) is 0 Å². The number of nitrogens with one attached hydrogen (secondary N) is 1. The zero-order valence-electron chi connectivity index (χ0n) is 9.70. The predicted octanol–water partition coefficient (Wildman–Crippen LogP) is 0.815. The van der Waals surface area contributed by atoms with Crippen LogP contribution in [-0.4, -0.2) is 33.9 Å². The molecule has 5 nitrogen and oxygen atoms in total. The third-order valence-electron chi connectivity index (χ3n) is 3.08. The van der Waals surface area contributed by atoms with E-state index in [0.29, 0.717) is 12.4 Å². The second kappa shape index (κ2) is 4.93. The van der Waals surface area contributed by atoms with Crippen molar-refractivity contribution in [3.8, 4) is 0 Å². The molecule has 0 aliphatic heterocycles. The molecule has 0 atom stereocenters. The maximum absolute atomic E-state index is 10.1. The molecule has 1 aromatic heterocycles. The van der Waals surface area contributed by atoms with E-state index in [4.69, 9.17) is 4.52 Å². The Bertz CT molecular complexity index is 332. The van der Waals surface area contributed by atoms with Gasteiger partial charge in [0.25, 0.3) is 0 Å². The van der Waals surface area contributed by atoms with Gasteiger partial charge >= 0.3 is 0 Å². The molecule has 5 heteroatoms. The fourth-order valence-electron chi connectivity index (χ4n) is 2.17. The van der Waals surface area contributed by atoms with Crippen LogP contribution in [0.5, 0.6) is 0 Å². The summed E-state index contributed by atoms with van der Waals surface area (Å²) in [5.74, 6) is 1.33. The van der Waals surface area contributed by atoms with Crippen molar-refractivity contribution in [2.24, 2.45) is 0 Å². The van der Waals surface area contributed by atoms with Gasteiger partial charge in [-0.25, -0.2) is 0 Å². The lowest BCUT2D eigenvalue weighted by Gasteiger charge is -2.22. The minimum atomic E-state index is -0.479. The summed E-state index contributed by atoms with van der Waals surface area (Å²) in [5, 5.41) is 17.1. The van der Waals surface area contributed by atoms with Gasteiger partial charge in [-0.2, -0.15) is 4.98 Å². The van der Waals surface area contributed by atoms with Gasteiger partial charge in [0.2, 0.25) is 5.89 Å². The maximum atomic E-state index is 10.1. The number of hydrogen-bond donors (Lipinski definition) is 2. The van der Waals surface area contributed by atoms with E-state index in [-0.39, 0.29) is 0 Å². The van der Waals surface area contributed by atoms with Gasteiger partial charge in [-0.3, -0.25) is 0 Å². The molecule has 1 aromatic rings. The molecule has 0 bridgehead atoms. The van der Waals surface area contributed by atoms with Crippen molar-refractivity contribution in [2.75, 3.05) is 13.1 Å². The monoisotopic (exact) mass is 225 g/mol. The first-order valence-electron chi connectivity index (χ1n) is 5.90. The third kappa shape index (κ3) is 3.02. The molecule has 16 heavy (non-hydrogen) atoms. The molecule has 1 saturated carbocycles. The topological polar surface area (TPSA) is 71.2 Å². The zero-order valence-corrected chi connectivity index (χ0v) is 9.70. The van der Waals surface area contributed by atoms with Crippen LogP contribution in [0.25, 0.3) is 0 Å². The summed E-state index contributed by atoms with van der Waals surface area (Å²) in [4.78, 5) is 4.12.